The second-order valence-corrected chi connectivity index (χ2v) is 4.05. The van der Waals surface area contributed by atoms with Gasteiger partial charge in [-0.2, -0.15) is 0 Å². The first-order valence-corrected chi connectivity index (χ1v) is 5.84. The quantitative estimate of drug-likeness (QED) is 0.919. The molecule has 1 amide bonds. The maximum Gasteiger partial charge on any atom is 0.265 e. The average Bonchev–Trinajstić information content (AvgIpc) is 2.46. The number of ether oxygens (including phenoxy) is 1. The summed E-state index contributed by atoms with van der Waals surface area (Å²) in [6.07, 6.45) is 0. The molecule has 0 unspecified atom stereocenters. The molecule has 4 nitrogen and oxygen atoms in total. The predicted octanol–water partition coefficient (Wildman–Crippen LogP) is 2.68. The molecule has 0 aliphatic heterocycles. The van der Waals surface area contributed by atoms with Crippen LogP contribution >= 0.6 is 0 Å². The van der Waals surface area contributed by atoms with Crippen molar-refractivity contribution < 1.29 is 14.6 Å². The van der Waals surface area contributed by atoms with E-state index in [1.165, 1.54) is 18.1 Å². The highest BCUT2D eigenvalue weighted by molar-refractivity contribution is 6.09. The lowest BCUT2D eigenvalue weighted by molar-refractivity contribution is 0.0987. The van der Waals surface area contributed by atoms with Crippen LogP contribution in [-0.4, -0.2) is 25.2 Å². The van der Waals surface area contributed by atoms with Crippen molar-refractivity contribution in [1.29, 1.82) is 0 Å². The van der Waals surface area contributed by atoms with Gasteiger partial charge in [-0.05, 0) is 24.3 Å². The van der Waals surface area contributed by atoms with Crippen LogP contribution in [0.3, 0.4) is 0 Å². The van der Waals surface area contributed by atoms with Crippen LogP contribution < -0.4 is 9.64 Å². The van der Waals surface area contributed by atoms with E-state index in [-0.39, 0.29) is 17.2 Å². The minimum atomic E-state index is -0.318. The second-order valence-electron chi connectivity index (χ2n) is 4.05. The number of hydrogen-bond donors (Lipinski definition) is 1. The van der Waals surface area contributed by atoms with Gasteiger partial charge in [-0.1, -0.05) is 24.3 Å². The number of amides is 1. The zero-order chi connectivity index (χ0) is 13.8. The van der Waals surface area contributed by atoms with E-state index in [1.807, 2.05) is 30.3 Å². The number of methoxy groups -OCH3 is 1. The third-order valence-electron chi connectivity index (χ3n) is 2.89. The Balaban J connectivity index is 2.40. The lowest BCUT2D eigenvalue weighted by atomic mass is 10.1. The molecular formula is C15H15NO3. The number of benzene rings is 2. The summed E-state index contributed by atoms with van der Waals surface area (Å²) in [5.41, 5.74) is 0.911. The van der Waals surface area contributed by atoms with Gasteiger partial charge in [0.05, 0.1) is 7.11 Å². The summed E-state index contributed by atoms with van der Waals surface area (Å²) in [5.74, 6) is -0.0546. The molecule has 0 aliphatic carbocycles. The fourth-order valence-corrected chi connectivity index (χ4v) is 1.84. The standard InChI is InChI=1S/C15H15NO3/c1-16(11-7-4-3-5-8-11)15(18)14-12(17)9-6-10-13(14)19-2/h3-10,17H,1-2H3. The van der Waals surface area contributed by atoms with Crippen LogP contribution in [0.1, 0.15) is 10.4 Å². The molecule has 0 aromatic heterocycles. The molecule has 2 aromatic rings. The van der Waals surface area contributed by atoms with Gasteiger partial charge in [-0.15, -0.1) is 0 Å². The Bertz CT molecular complexity index is 581. The number of rotatable bonds is 3. The molecule has 0 saturated heterocycles. The molecule has 2 aromatic carbocycles. The van der Waals surface area contributed by atoms with E-state index < -0.39 is 0 Å². The maximum absolute atomic E-state index is 12.4. The number of carbonyl (C=O) groups is 1. The van der Waals surface area contributed by atoms with Crippen molar-refractivity contribution in [3.63, 3.8) is 0 Å². The number of anilines is 1. The highest BCUT2D eigenvalue weighted by atomic mass is 16.5. The molecule has 0 heterocycles. The van der Waals surface area contributed by atoms with Crippen molar-refractivity contribution in [1.82, 2.24) is 0 Å². The van der Waals surface area contributed by atoms with Gasteiger partial charge in [0.15, 0.2) is 0 Å². The Kier molecular flexibility index (Phi) is 3.71. The molecule has 1 N–H and O–H groups in total. The molecule has 0 fully saturated rings. The van der Waals surface area contributed by atoms with E-state index in [0.717, 1.165) is 5.69 Å². The van der Waals surface area contributed by atoms with E-state index in [9.17, 15) is 9.90 Å². The SMILES string of the molecule is COc1cccc(O)c1C(=O)N(C)c1ccccc1. The molecule has 0 spiro atoms. The monoisotopic (exact) mass is 257 g/mol. The van der Waals surface area contributed by atoms with Gasteiger partial charge in [0.1, 0.15) is 17.1 Å². The highest BCUT2D eigenvalue weighted by Crippen LogP contribution is 2.29. The first-order valence-electron chi connectivity index (χ1n) is 5.84. The third kappa shape index (κ3) is 2.52. The van der Waals surface area contributed by atoms with Gasteiger partial charge in [-0.3, -0.25) is 4.79 Å². The van der Waals surface area contributed by atoms with Crippen LogP contribution in [0.2, 0.25) is 0 Å². The molecule has 0 atom stereocenters. The number of aromatic hydroxyl groups is 1. The number of para-hydroxylation sites is 1. The lowest BCUT2D eigenvalue weighted by Crippen LogP contribution is -2.26. The Morgan fingerprint density at radius 1 is 1.11 bits per heavy atom. The summed E-state index contributed by atoms with van der Waals surface area (Å²) >= 11 is 0. The molecule has 19 heavy (non-hydrogen) atoms. The van der Waals surface area contributed by atoms with E-state index in [4.69, 9.17) is 4.74 Å². The number of hydrogen-bond acceptors (Lipinski definition) is 3. The van der Waals surface area contributed by atoms with Crippen LogP contribution in [0.15, 0.2) is 48.5 Å². The van der Waals surface area contributed by atoms with Crippen LogP contribution in [0.4, 0.5) is 5.69 Å². The second kappa shape index (κ2) is 5.44. The molecule has 4 heteroatoms. The zero-order valence-electron chi connectivity index (χ0n) is 10.8. The number of carbonyl (C=O) groups excluding carboxylic acids is 1. The number of phenolic OH excluding ortho intramolecular Hbond substituents is 1. The zero-order valence-corrected chi connectivity index (χ0v) is 10.8. The minimum absolute atomic E-state index is 0.0906. The van der Waals surface area contributed by atoms with E-state index in [2.05, 4.69) is 0 Å². The molecule has 98 valence electrons. The number of nitrogens with zero attached hydrogens (tertiary/aromatic N) is 1. The topological polar surface area (TPSA) is 49.8 Å². The van der Waals surface area contributed by atoms with Crippen molar-refractivity contribution in [2.75, 3.05) is 19.1 Å². The van der Waals surface area contributed by atoms with E-state index >= 15 is 0 Å². The maximum atomic E-state index is 12.4. The van der Waals surface area contributed by atoms with Crippen LogP contribution in [0.5, 0.6) is 11.5 Å². The Morgan fingerprint density at radius 2 is 1.79 bits per heavy atom. The van der Waals surface area contributed by atoms with Crippen LogP contribution in [-0.2, 0) is 0 Å². The summed E-state index contributed by atoms with van der Waals surface area (Å²) in [6.45, 7) is 0. The summed E-state index contributed by atoms with van der Waals surface area (Å²) in [4.78, 5) is 13.9. The Hall–Kier alpha value is -2.49. The van der Waals surface area contributed by atoms with Gasteiger partial charge < -0.3 is 14.7 Å². The van der Waals surface area contributed by atoms with E-state index in [0.29, 0.717) is 5.75 Å². The van der Waals surface area contributed by atoms with Gasteiger partial charge >= 0.3 is 0 Å². The van der Waals surface area contributed by atoms with Crippen molar-refractivity contribution >= 4 is 11.6 Å². The third-order valence-corrected chi connectivity index (χ3v) is 2.89. The van der Waals surface area contributed by atoms with E-state index in [1.54, 1.807) is 19.2 Å². The summed E-state index contributed by atoms with van der Waals surface area (Å²) in [6, 6.07) is 14.0. The van der Waals surface area contributed by atoms with Gasteiger partial charge in [0, 0.05) is 12.7 Å². The van der Waals surface area contributed by atoms with Crippen molar-refractivity contribution in [3.8, 4) is 11.5 Å². The Labute approximate surface area is 111 Å². The fraction of sp³-hybridized carbons (Fsp3) is 0.133. The Morgan fingerprint density at radius 3 is 2.42 bits per heavy atom. The average molecular weight is 257 g/mol. The molecule has 0 radical (unpaired) electrons. The van der Waals surface area contributed by atoms with Gasteiger partial charge in [-0.25, -0.2) is 0 Å². The summed E-state index contributed by atoms with van der Waals surface area (Å²) in [5, 5.41) is 9.86. The normalized spacial score (nSPS) is 10.0. The highest BCUT2D eigenvalue weighted by Gasteiger charge is 2.21. The lowest BCUT2D eigenvalue weighted by Gasteiger charge is -2.19. The molecule has 2 rings (SSSR count). The van der Waals surface area contributed by atoms with Crippen molar-refractivity contribution in [3.05, 3.63) is 54.1 Å². The van der Waals surface area contributed by atoms with Gasteiger partial charge in [0.2, 0.25) is 0 Å². The van der Waals surface area contributed by atoms with Gasteiger partial charge in [0.25, 0.3) is 5.91 Å². The fourth-order valence-electron chi connectivity index (χ4n) is 1.84. The van der Waals surface area contributed by atoms with Crippen LogP contribution in [0, 0.1) is 0 Å². The predicted molar refractivity (Wildman–Crippen MR) is 73.8 cm³/mol. The molecule has 0 saturated carbocycles. The summed E-state index contributed by atoms with van der Waals surface area (Å²) < 4.78 is 5.13. The molecule has 0 aliphatic rings. The first kappa shape index (κ1) is 13.0. The first-order chi connectivity index (χ1) is 9.15. The summed E-state index contributed by atoms with van der Waals surface area (Å²) in [7, 11) is 3.12. The molecular weight excluding hydrogens is 242 g/mol. The minimum Gasteiger partial charge on any atom is -0.507 e. The largest absolute Gasteiger partial charge is 0.507 e. The van der Waals surface area contributed by atoms with Crippen molar-refractivity contribution in [2.45, 2.75) is 0 Å². The smallest absolute Gasteiger partial charge is 0.265 e. The van der Waals surface area contributed by atoms with Crippen molar-refractivity contribution in [2.24, 2.45) is 0 Å². The van der Waals surface area contributed by atoms with Crippen LogP contribution in [0.25, 0.3) is 0 Å². The molecule has 0 bridgehead atoms. The number of phenols is 1.